The second kappa shape index (κ2) is 10.2. The van der Waals surface area contributed by atoms with Crippen LogP contribution in [-0.4, -0.2) is 38.9 Å². The minimum Gasteiger partial charge on any atom is -0.469 e. The van der Waals surface area contributed by atoms with E-state index in [-0.39, 0.29) is 35.3 Å². The third-order valence-electron chi connectivity index (χ3n) is 5.65. The van der Waals surface area contributed by atoms with Crippen molar-refractivity contribution >= 4 is 33.5 Å². The number of esters is 1. The first-order valence-electron chi connectivity index (χ1n) is 10.6. The molecule has 4 N–H and O–H groups in total. The van der Waals surface area contributed by atoms with E-state index >= 15 is 0 Å². The molecular formula is C24H27N3O6S. The van der Waals surface area contributed by atoms with Crippen LogP contribution in [-0.2, 0) is 42.0 Å². The average Bonchev–Trinajstić information content (AvgIpc) is 3.49. The van der Waals surface area contributed by atoms with Crippen molar-refractivity contribution in [2.45, 2.75) is 36.1 Å². The van der Waals surface area contributed by atoms with Crippen LogP contribution in [0.15, 0.2) is 66.1 Å². The van der Waals surface area contributed by atoms with Gasteiger partial charge in [0, 0.05) is 12.3 Å². The van der Waals surface area contributed by atoms with Crippen LogP contribution in [0.5, 0.6) is 0 Å². The number of hydrogen-bond acceptors (Lipinski definition) is 7. The van der Waals surface area contributed by atoms with Crippen molar-refractivity contribution in [2.24, 2.45) is 11.7 Å². The average molecular weight is 486 g/mol. The van der Waals surface area contributed by atoms with Gasteiger partial charge in [-0.25, -0.2) is 13.1 Å². The van der Waals surface area contributed by atoms with Gasteiger partial charge in [0.25, 0.3) is 15.9 Å². The van der Waals surface area contributed by atoms with Crippen LogP contribution >= 0.6 is 0 Å². The summed E-state index contributed by atoms with van der Waals surface area (Å²) in [6.07, 6.45) is 2.51. The van der Waals surface area contributed by atoms with Gasteiger partial charge >= 0.3 is 5.97 Å². The first-order valence-corrected chi connectivity index (χ1v) is 12.1. The van der Waals surface area contributed by atoms with Crippen LogP contribution in [0.1, 0.15) is 24.0 Å². The normalized spacial score (nSPS) is 19.1. The molecule has 0 radical (unpaired) electrons. The lowest BCUT2D eigenvalue weighted by Gasteiger charge is -2.15. The van der Waals surface area contributed by atoms with Crippen molar-refractivity contribution in [1.29, 1.82) is 0 Å². The summed E-state index contributed by atoms with van der Waals surface area (Å²) >= 11 is 0. The lowest BCUT2D eigenvalue weighted by Crippen LogP contribution is -2.46. The van der Waals surface area contributed by atoms with Crippen molar-refractivity contribution < 1.29 is 27.5 Å². The third-order valence-corrected chi connectivity index (χ3v) is 7.03. The number of methoxy groups -OCH3 is 1. The summed E-state index contributed by atoms with van der Waals surface area (Å²) in [4.78, 5) is 36.2. The van der Waals surface area contributed by atoms with Crippen LogP contribution in [0.25, 0.3) is 0 Å². The van der Waals surface area contributed by atoms with Crippen molar-refractivity contribution in [2.75, 3.05) is 12.4 Å². The summed E-state index contributed by atoms with van der Waals surface area (Å²) in [7, 11) is -2.96. The van der Waals surface area contributed by atoms with Crippen LogP contribution in [0, 0.1) is 5.92 Å². The SMILES string of the molecule is C=C[C@@H]1C[C@@]1(N)C(=O)NS(=O)(=O)c1ccccc1NC(=O)Cc1cccc(CCC(=O)OC)c1. The van der Waals surface area contributed by atoms with E-state index in [1.54, 1.807) is 24.3 Å². The Morgan fingerprint density at radius 3 is 2.56 bits per heavy atom. The molecule has 1 aliphatic rings. The molecule has 10 heteroatoms. The highest BCUT2D eigenvalue weighted by Crippen LogP contribution is 2.42. The van der Waals surface area contributed by atoms with E-state index in [0.717, 1.165) is 5.56 Å². The topological polar surface area (TPSA) is 145 Å². The maximum Gasteiger partial charge on any atom is 0.305 e. The molecule has 0 bridgehead atoms. The van der Waals surface area contributed by atoms with E-state index in [4.69, 9.17) is 5.73 Å². The summed E-state index contributed by atoms with van der Waals surface area (Å²) < 4.78 is 32.4. The zero-order valence-electron chi connectivity index (χ0n) is 18.7. The molecule has 180 valence electrons. The molecule has 2 atom stereocenters. The monoisotopic (exact) mass is 485 g/mol. The van der Waals surface area contributed by atoms with Gasteiger partial charge in [-0.15, -0.1) is 6.58 Å². The summed E-state index contributed by atoms with van der Waals surface area (Å²) in [5.74, 6) is -1.87. The molecule has 1 fully saturated rings. The summed E-state index contributed by atoms with van der Waals surface area (Å²) in [6.45, 7) is 3.59. The Labute approximate surface area is 198 Å². The number of ether oxygens (including phenoxy) is 1. The fraction of sp³-hybridized carbons (Fsp3) is 0.292. The number of benzene rings is 2. The summed E-state index contributed by atoms with van der Waals surface area (Å²) in [5, 5.41) is 2.60. The minimum absolute atomic E-state index is 0.0142. The number of para-hydroxylation sites is 1. The molecule has 0 unspecified atom stereocenters. The molecule has 0 aliphatic heterocycles. The fourth-order valence-corrected chi connectivity index (χ4v) is 4.77. The lowest BCUT2D eigenvalue weighted by atomic mass is 10.0. The summed E-state index contributed by atoms with van der Waals surface area (Å²) in [6, 6.07) is 13.0. The van der Waals surface area contributed by atoms with Gasteiger partial charge in [0.05, 0.1) is 19.2 Å². The Morgan fingerprint density at radius 2 is 1.88 bits per heavy atom. The molecule has 1 saturated carbocycles. The molecule has 0 spiro atoms. The quantitative estimate of drug-likeness (QED) is 0.343. The molecule has 2 amide bonds. The smallest absolute Gasteiger partial charge is 0.305 e. The molecule has 0 aromatic heterocycles. The van der Waals surface area contributed by atoms with Gasteiger partial charge in [-0.2, -0.15) is 0 Å². The number of carbonyl (C=O) groups is 3. The van der Waals surface area contributed by atoms with Crippen molar-refractivity contribution in [3.05, 3.63) is 72.3 Å². The standard InChI is InChI=1S/C24H27N3O6S/c1-3-18-15-24(18,25)23(30)27-34(31,32)20-10-5-4-9-19(20)26-21(28)14-17-8-6-7-16(13-17)11-12-22(29)33-2/h3-10,13,18H,1,11-12,14-15,25H2,2H3,(H,26,28)(H,27,30)/t18-,24+/m1/s1. The van der Waals surface area contributed by atoms with Gasteiger partial charge in [-0.3, -0.25) is 14.4 Å². The lowest BCUT2D eigenvalue weighted by molar-refractivity contribution is -0.140. The Bertz CT molecular complexity index is 1230. The molecule has 34 heavy (non-hydrogen) atoms. The summed E-state index contributed by atoms with van der Waals surface area (Å²) in [5.41, 5.74) is 6.26. The Morgan fingerprint density at radius 1 is 1.18 bits per heavy atom. The maximum absolute atomic E-state index is 12.9. The van der Waals surface area contributed by atoms with Gasteiger partial charge in [-0.05, 0) is 36.1 Å². The number of rotatable bonds is 10. The van der Waals surface area contributed by atoms with E-state index in [1.807, 2.05) is 10.8 Å². The predicted octanol–water partition coefficient (Wildman–Crippen LogP) is 1.68. The van der Waals surface area contributed by atoms with Gasteiger partial charge in [-0.1, -0.05) is 42.5 Å². The third kappa shape index (κ3) is 5.89. The number of aryl methyl sites for hydroxylation is 1. The fourth-order valence-electron chi connectivity index (χ4n) is 3.56. The van der Waals surface area contributed by atoms with E-state index in [0.29, 0.717) is 18.4 Å². The van der Waals surface area contributed by atoms with E-state index < -0.39 is 27.4 Å². The van der Waals surface area contributed by atoms with E-state index in [2.05, 4.69) is 16.6 Å². The molecular weight excluding hydrogens is 458 g/mol. The number of hydrogen-bond donors (Lipinski definition) is 3. The molecule has 0 heterocycles. The van der Waals surface area contributed by atoms with Gasteiger partial charge in [0.2, 0.25) is 5.91 Å². The zero-order valence-corrected chi connectivity index (χ0v) is 19.6. The second-order valence-corrected chi connectivity index (χ2v) is 9.79. The number of anilines is 1. The largest absolute Gasteiger partial charge is 0.469 e. The molecule has 9 nitrogen and oxygen atoms in total. The van der Waals surface area contributed by atoms with Crippen molar-refractivity contribution in [3.63, 3.8) is 0 Å². The highest BCUT2D eigenvalue weighted by atomic mass is 32.2. The van der Waals surface area contributed by atoms with Crippen molar-refractivity contribution in [1.82, 2.24) is 4.72 Å². The van der Waals surface area contributed by atoms with Crippen LogP contribution in [0.4, 0.5) is 5.69 Å². The molecule has 2 aromatic carbocycles. The molecule has 0 saturated heterocycles. The van der Waals surface area contributed by atoms with Gasteiger partial charge in [0.1, 0.15) is 10.4 Å². The molecule has 2 aromatic rings. The highest BCUT2D eigenvalue weighted by Gasteiger charge is 2.56. The van der Waals surface area contributed by atoms with Crippen LogP contribution < -0.4 is 15.8 Å². The highest BCUT2D eigenvalue weighted by molar-refractivity contribution is 7.90. The number of sulfonamides is 1. The van der Waals surface area contributed by atoms with E-state index in [1.165, 1.54) is 31.4 Å². The Hall–Kier alpha value is -3.50. The predicted molar refractivity (Wildman–Crippen MR) is 126 cm³/mol. The molecule has 1 aliphatic carbocycles. The first kappa shape index (κ1) is 25.1. The minimum atomic E-state index is -4.28. The zero-order chi connectivity index (χ0) is 24.9. The maximum atomic E-state index is 12.9. The number of nitrogens with two attached hydrogens (primary N) is 1. The Balaban J connectivity index is 1.69. The van der Waals surface area contributed by atoms with E-state index in [9.17, 15) is 22.8 Å². The van der Waals surface area contributed by atoms with Crippen molar-refractivity contribution in [3.8, 4) is 0 Å². The number of nitrogens with one attached hydrogen (secondary N) is 2. The molecule has 3 rings (SSSR count). The first-order chi connectivity index (χ1) is 16.1. The van der Waals surface area contributed by atoms with Gasteiger partial charge in [0.15, 0.2) is 0 Å². The second-order valence-electron chi connectivity index (χ2n) is 8.14. The number of carbonyl (C=O) groups excluding carboxylic acids is 3. The van der Waals surface area contributed by atoms with Crippen LogP contribution in [0.2, 0.25) is 0 Å². The van der Waals surface area contributed by atoms with Gasteiger partial charge < -0.3 is 15.8 Å². The Kier molecular flexibility index (Phi) is 7.53. The number of amides is 2. The van der Waals surface area contributed by atoms with Crippen LogP contribution in [0.3, 0.4) is 0 Å².